The average molecular weight is 406 g/mol. The molecule has 0 bridgehead atoms. The monoisotopic (exact) mass is 405 g/mol. The molecule has 148 valence electrons. The number of rotatable bonds is 3. The second-order valence-electron chi connectivity index (χ2n) is 7.50. The first-order valence-corrected chi connectivity index (χ1v) is 9.78. The molecule has 0 radical (unpaired) electrons. The molecule has 0 saturated carbocycles. The van der Waals surface area contributed by atoms with Crippen LogP contribution in [0.1, 0.15) is 37.2 Å². The molecule has 0 aliphatic carbocycles. The van der Waals surface area contributed by atoms with Crippen molar-refractivity contribution >= 4 is 23.0 Å². The number of nitrogens with zero attached hydrogens (tertiary/aromatic N) is 3. The van der Waals surface area contributed by atoms with Crippen molar-refractivity contribution in [1.82, 2.24) is 4.98 Å². The molecule has 1 aromatic heterocycles. The van der Waals surface area contributed by atoms with E-state index in [0.717, 1.165) is 37.3 Å². The van der Waals surface area contributed by atoms with Crippen LogP contribution in [-0.2, 0) is 4.74 Å². The van der Waals surface area contributed by atoms with Gasteiger partial charge >= 0.3 is 5.69 Å². The van der Waals surface area contributed by atoms with E-state index >= 15 is 0 Å². The van der Waals surface area contributed by atoms with Crippen molar-refractivity contribution in [2.24, 2.45) is 0 Å². The van der Waals surface area contributed by atoms with Gasteiger partial charge in [0.25, 0.3) is 0 Å². The number of pyridine rings is 1. The molecule has 8 heteroatoms. The molecule has 4 rings (SSSR count). The van der Waals surface area contributed by atoms with Crippen LogP contribution in [0.2, 0.25) is 5.15 Å². The van der Waals surface area contributed by atoms with Crippen LogP contribution < -0.4 is 4.90 Å². The van der Waals surface area contributed by atoms with Crippen molar-refractivity contribution in [3.63, 3.8) is 0 Å². The zero-order valence-electron chi connectivity index (χ0n) is 15.3. The smallest absolute Gasteiger partial charge is 0.327 e. The highest BCUT2D eigenvalue weighted by atomic mass is 35.5. The molecule has 2 aromatic rings. The summed E-state index contributed by atoms with van der Waals surface area (Å²) < 4.78 is 20.2. The fourth-order valence-electron chi connectivity index (χ4n) is 4.25. The van der Waals surface area contributed by atoms with Gasteiger partial charge in [-0.15, -0.1) is 0 Å². The molecule has 1 spiro atoms. The van der Waals surface area contributed by atoms with Gasteiger partial charge in [-0.25, -0.2) is 4.98 Å². The molecule has 2 saturated heterocycles. The molecule has 0 N–H and O–H groups in total. The van der Waals surface area contributed by atoms with E-state index in [-0.39, 0.29) is 5.60 Å². The Morgan fingerprint density at radius 3 is 2.64 bits per heavy atom. The second kappa shape index (κ2) is 7.64. The Kier molecular flexibility index (Phi) is 5.21. The Bertz CT molecular complexity index is 859. The van der Waals surface area contributed by atoms with Gasteiger partial charge in [-0.1, -0.05) is 23.7 Å². The molecular weight excluding hydrogens is 385 g/mol. The van der Waals surface area contributed by atoms with Crippen LogP contribution in [-0.4, -0.2) is 35.2 Å². The summed E-state index contributed by atoms with van der Waals surface area (Å²) in [5.41, 5.74) is 0.834. The molecule has 3 heterocycles. The summed E-state index contributed by atoms with van der Waals surface area (Å²) in [4.78, 5) is 16.7. The third-order valence-corrected chi connectivity index (χ3v) is 6.15. The fourth-order valence-corrected chi connectivity index (χ4v) is 4.36. The summed E-state index contributed by atoms with van der Waals surface area (Å²) >= 11 is 5.86. The van der Waals surface area contributed by atoms with Gasteiger partial charge in [0.05, 0.1) is 17.1 Å². The van der Waals surface area contributed by atoms with Crippen LogP contribution in [0.4, 0.5) is 15.8 Å². The number of aromatic nitrogens is 1. The normalized spacial score (nSPS) is 21.6. The fraction of sp³-hybridized carbons (Fsp3) is 0.450. The Morgan fingerprint density at radius 1 is 1.25 bits per heavy atom. The maximum atomic E-state index is 13.9. The minimum absolute atomic E-state index is 0.199. The highest BCUT2D eigenvalue weighted by molar-refractivity contribution is 6.29. The van der Waals surface area contributed by atoms with Crippen LogP contribution in [0.25, 0.3) is 0 Å². The highest BCUT2D eigenvalue weighted by Gasteiger charge is 2.40. The first-order valence-electron chi connectivity index (χ1n) is 9.41. The molecule has 28 heavy (non-hydrogen) atoms. The van der Waals surface area contributed by atoms with Crippen molar-refractivity contribution in [3.8, 4) is 0 Å². The largest absolute Gasteiger partial charge is 0.374 e. The van der Waals surface area contributed by atoms with Crippen molar-refractivity contribution in [1.29, 1.82) is 0 Å². The molecule has 2 fully saturated rings. The molecule has 2 aliphatic heterocycles. The summed E-state index contributed by atoms with van der Waals surface area (Å²) in [5, 5.41) is 11.8. The van der Waals surface area contributed by atoms with E-state index in [4.69, 9.17) is 16.3 Å². The Hall–Kier alpha value is -2.25. The zero-order valence-corrected chi connectivity index (χ0v) is 16.1. The van der Waals surface area contributed by atoms with Gasteiger partial charge in [0.1, 0.15) is 10.8 Å². The maximum Gasteiger partial charge on any atom is 0.327 e. The first-order chi connectivity index (χ1) is 13.5. The van der Waals surface area contributed by atoms with Crippen molar-refractivity contribution in [3.05, 3.63) is 63.2 Å². The van der Waals surface area contributed by atoms with E-state index in [1.54, 1.807) is 18.3 Å². The number of anilines is 1. The molecule has 1 unspecified atom stereocenters. The number of halogens is 2. The topological polar surface area (TPSA) is 68.5 Å². The van der Waals surface area contributed by atoms with Gasteiger partial charge in [0, 0.05) is 25.2 Å². The van der Waals surface area contributed by atoms with Gasteiger partial charge in [-0.3, -0.25) is 10.1 Å². The number of nitro benzene ring substituents is 1. The van der Waals surface area contributed by atoms with Crippen molar-refractivity contribution in [2.45, 2.75) is 37.2 Å². The second-order valence-corrected chi connectivity index (χ2v) is 7.88. The Morgan fingerprint density at radius 2 is 2.04 bits per heavy atom. The number of benzene rings is 1. The standard InChI is InChI=1S/C20H21ClFN3O3/c21-18-5-4-14(12-23-18)15-6-7-20(28-13-15)8-10-24(11-9-20)17-3-1-2-16(22)19(17)25(26)27/h1-5,12,15H,6-11,13H2. The van der Waals surface area contributed by atoms with E-state index in [0.29, 0.717) is 36.5 Å². The number of hydrogen-bond acceptors (Lipinski definition) is 5. The molecular formula is C20H21ClFN3O3. The van der Waals surface area contributed by atoms with E-state index in [1.807, 2.05) is 11.0 Å². The van der Waals surface area contributed by atoms with Crippen LogP contribution in [0, 0.1) is 15.9 Å². The van der Waals surface area contributed by atoms with E-state index in [9.17, 15) is 14.5 Å². The maximum absolute atomic E-state index is 13.9. The first kappa shape index (κ1) is 19.1. The van der Waals surface area contributed by atoms with E-state index < -0.39 is 16.4 Å². The minimum Gasteiger partial charge on any atom is -0.374 e. The Labute approximate surface area is 167 Å². The van der Waals surface area contributed by atoms with Gasteiger partial charge in [-0.2, -0.15) is 4.39 Å². The molecule has 0 amide bonds. The summed E-state index contributed by atoms with van der Waals surface area (Å²) in [6.07, 6.45) is 5.28. The van der Waals surface area contributed by atoms with Gasteiger partial charge in [-0.05, 0) is 49.4 Å². The lowest BCUT2D eigenvalue weighted by Gasteiger charge is -2.46. The third kappa shape index (κ3) is 3.69. The van der Waals surface area contributed by atoms with Crippen molar-refractivity contribution < 1.29 is 14.1 Å². The summed E-state index contributed by atoms with van der Waals surface area (Å²) in [5.74, 6) is -0.492. The van der Waals surface area contributed by atoms with Gasteiger partial charge in [0.2, 0.25) is 5.82 Å². The van der Waals surface area contributed by atoms with Crippen LogP contribution >= 0.6 is 11.6 Å². The lowest BCUT2D eigenvalue weighted by atomic mass is 9.80. The molecule has 2 aliphatic rings. The number of para-hydroxylation sites is 1. The van der Waals surface area contributed by atoms with E-state index in [2.05, 4.69) is 4.98 Å². The summed E-state index contributed by atoms with van der Waals surface area (Å²) in [7, 11) is 0. The predicted octanol–water partition coefficient (Wildman–Crippen LogP) is 4.72. The van der Waals surface area contributed by atoms with E-state index in [1.165, 1.54) is 6.07 Å². The Balaban J connectivity index is 1.41. The third-order valence-electron chi connectivity index (χ3n) is 5.92. The van der Waals surface area contributed by atoms with Crippen LogP contribution in [0.3, 0.4) is 0 Å². The number of piperidine rings is 1. The SMILES string of the molecule is O=[N+]([O-])c1c(F)cccc1N1CCC2(CCC(c3ccc(Cl)nc3)CO2)CC1. The zero-order chi connectivity index (χ0) is 19.7. The lowest BCUT2D eigenvalue weighted by Crippen LogP contribution is -2.49. The molecule has 1 aromatic carbocycles. The summed E-state index contributed by atoms with van der Waals surface area (Å²) in [6, 6.07) is 8.05. The highest BCUT2D eigenvalue weighted by Crippen LogP contribution is 2.42. The molecule has 6 nitrogen and oxygen atoms in total. The average Bonchev–Trinajstić information content (AvgIpc) is 2.69. The quantitative estimate of drug-likeness (QED) is 0.420. The minimum atomic E-state index is -0.795. The molecule has 1 atom stereocenters. The van der Waals surface area contributed by atoms with Gasteiger partial charge < -0.3 is 9.64 Å². The number of hydrogen-bond donors (Lipinski definition) is 0. The summed E-state index contributed by atoms with van der Waals surface area (Å²) in [6.45, 7) is 1.85. The van der Waals surface area contributed by atoms with Gasteiger partial charge in [0.15, 0.2) is 0 Å². The van der Waals surface area contributed by atoms with Crippen LogP contribution in [0.15, 0.2) is 36.5 Å². The predicted molar refractivity (Wildman–Crippen MR) is 104 cm³/mol. The number of nitro groups is 1. The van der Waals surface area contributed by atoms with Crippen molar-refractivity contribution in [2.75, 3.05) is 24.6 Å². The number of ether oxygens (including phenoxy) is 1. The lowest BCUT2D eigenvalue weighted by molar-refractivity contribution is -0.386. The van der Waals surface area contributed by atoms with Crippen LogP contribution in [0.5, 0.6) is 0 Å².